The lowest BCUT2D eigenvalue weighted by atomic mass is 10.1. The molecule has 1 unspecified atom stereocenters. The lowest BCUT2D eigenvalue weighted by molar-refractivity contribution is 0.0594. The van der Waals surface area contributed by atoms with Crippen molar-refractivity contribution in [3.63, 3.8) is 0 Å². The highest BCUT2D eigenvalue weighted by atomic mass is 16.5. The van der Waals surface area contributed by atoms with Gasteiger partial charge in [0, 0.05) is 5.69 Å². The minimum Gasteiger partial charge on any atom is -0.475 e. The van der Waals surface area contributed by atoms with E-state index >= 15 is 0 Å². The molecule has 90 valence electrons. The first kappa shape index (κ1) is 12.8. The zero-order valence-corrected chi connectivity index (χ0v) is 9.77. The lowest BCUT2D eigenvalue weighted by Gasteiger charge is -2.13. The monoisotopic (exact) mass is 234 g/mol. The van der Waals surface area contributed by atoms with E-state index in [-0.39, 0.29) is 5.56 Å². The summed E-state index contributed by atoms with van der Waals surface area (Å²) in [6.07, 6.45) is -0.0661. The molecule has 0 bridgehead atoms. The Labute approximate surface area is 99.7 Å². The van der Waals surface area contributed by atoms with Crippen LogP contribution < -0.4 is 10.5 Å². The Balaban J connectivity index is 3.06. The first-order valence-corrected chi connectivity index (χ1v) is 5.16. The van der Waals surface area contributed by atoms with Crippen molar-refractivity contribution in [1.82, 2.24) is 0 Å². The minimum atomic E-state index is -0.595. The molecule has 5 heteroatoms. The molecule has 0 saturated heterocycles. The summed E-state index contributed by atoms with van der Waals surface area (Å²) >= 11 is 0. The van der Waals surface area contributed by atoms with Crippen LogP contribution in [0.3, 0.4) is 0 Å². The van der Waals surface area contributed by atoms with E-state index in [0.717, 1.165) is 0 Å². The van der Waals surface area contributed by atoms with Crippen LogP contribution in [-0.2, 0) is 4.74 Å². The van der Waals surface area contributed by atoms with Crippen LogP contribution in [0.4, 0.5) is 5.69 Å². The lowest BCUT2D eigenvalue weighted by Crippen LogP contribution is -2.15. The highest BCUT2D eigenvalue weighted by Gasteiger charge is 2.16. The summed E-state index contributed by atoms with van der Waals surface area (Å²) in [5, 5.41) is 8.81. The first-order chi connectivity index (χ1) is 8.12. The molecular formula is C12H14N2O3. The SMILES string of the molecule is CCC(C#N)Oc1ccc(N)cc1C(=O)OC. The molecule has 1 aromatic rings. The summed E-state index contributed by atoms with van der Waals surface area (Å²) < 4.78 is 10.0. The zero-order chi connectivity index (χ0) is 12.8. The highest BCUT2D eigenvalue weighted by Crippen LogP contribution is 2.23. The molecule has 1 aromatic carbocycles. The van der Waals surface area contributed by atoms with E-state index < -0.39 is 12.1 Å². The molecule has 0 heterocycles. The van der Waals surface area contributed by atoms with Crippen molar-refractivity contribution < 1.29 is 14.3 Å². The second kappa shape index (κ2) is 5.75. The van der Waals surface area contributed by atoms with Gasteiger partial charge in [-0.1, -0.05) is 6.92 Å². The van der Waals surface area contributed by atoms with Gasteiger partial charge in [-0.2, -0.15) is 5.26 Å². The maximum absolute atomic E-state index is 11.5. The van der Waals surface area contributed by atoms with Crippen LogP contribution in [0, 0.1) is 11.3 Å². The average Bonchev–Trinajstić information content (AvgIpc) is 2.36. The van der Waals surface area contributed by atoms with Gasteiger partial charge in [0.05, 0.1) is 7.11 Å². The summed E-state index contributed by atoms with van der Waals surface area (Å²) in [6, 6.07) is 6.62. The molecule has 2 N–H and O–H groups in total. The summed E-state index contributed by atoms with van der Waals surface area (Å²) in [5.74, 6) is -0.237. The van der Waals surface area contributed by atoms with Gasteiger partial charge in [-0.25, -0.2) is 4.79 Å². The van der Waals surface area contributed by atoms with Crippen molar-refractivity contribution in [2.45, 2.75) is 19.4 Å². The number of rotatable bonds is 4. The standard InChI is InChI=1S/C12H14N2O3/c1-3-9(7-13)17-11-5-4-8(14)6-10(11)12(15)16-2/h4-6,9H,3,14H2,1-2H3. The number of esters is 1. The molecule has 0 spiro atoms. The second-order valence-electron chi connectivity index (χ2n) is 3.39. The third-order valence-electron chi connectivity index (χ3n) is 2.19. The summed E-state index contributed by atoms with van der Waals surface area (Å²) in [6.45, 7) is 1.82. The number of nitrogens with zero attached hydrogens (tertiary/aromatic N) is 1. The highest BCUT2D eigenvalue weighted by molar-refractivity contribution is 5.93. The molecule has 0 amide bonds. The number of nitrogens with two attached hydrogens (primary N) is 1. The molecule has 0 aliphatic rings. The fourth-order valence-corrected chi connectivity index (χ4v) is 1.27. The van der Waals surface area contributed by atoms with Gasteiger partial charge in [-0.05, 0) is 24.6 Å². The largest absolute Gasteiger partial charge is 0.475 e. The van der Waals surface area contributed by atoms with Crippen LogP contribution in [0.5, 0.6) is 5.75 Å². The van der Waals surface area contributed by atoms with E-state index in [4.69, 9.17) is 15.7 Å². The predicted molar refractivity (Wildman–Crippen MR) is 62.5 cm³/mol. The van der Waals surface area contributed by atoms with Crippen molar-refractivity contribution in [3.8, 4) is 11.8 Å². The Morgan fingerprint density at radius 1 is 1.59 bits per heavy atom. The Morgan fingerprint density at radius 3 is 2.82 bits per heavy atom. The van der Waals surface area contributed by atoms with E-state index in [2.05, 4.69) is 4.74 Å². The molecular weight excluding hydrogens is 220 g/mol. The molecule has 1 rings (SSSR count). The van der Waals surface area contributed by atoms with Gasteiger partial charge in [-0.15, -0.1) is 0 Å². The summed E-state index contributed by atoms with van der Waals surface area (Å²) in [7, 11) is 1.27. The van der Waals surface area contributed by atoms with Crippen LogP contribution in [-0.4, -0.2) is 19.2 Å². The number of carbonyl (C=O) groups excluding carboxylic acids is 1. The predicted octanol–water partition coefficient (Wildman–Crippen LogP) is 1.74. The smallest absolute Gasteiger partial charge is 0.341 e. The van der Waals surface area contributed by atoms with Crippen LogP contribution in [0.2, 0.25) is 0 Å². The minimum absolute atomic E-state index is 0.223. The Bertz CT molecular complexity index is 452. The third kappa shape index (κ3) is 3.11. The molecule has 0 aliphatic heterocycles. The van der Waals surface area contributed by atoms with E-state index in [9.17, 15) is 4.79 Å². The number of benzene rings is 1. The first-order valence-electron chi connectivity index (χ1n) is 5.16. The number of hydrogen-bond acceptors (Lipinski definition) is 5. The number of methoxy groups -OCH3 is 1. The van der Waals surface area contributed by atoms with E-state index in [1.54, 1.807) is 12.1 Å². The van der Waals surface area contributed by atoms with Gasteiger partial charge >= 0.3 is 5.97 Å². The number of carbonyl (C=O) groups is 1. The molecule has 17 heavy (non-hydrogen) atoms. The number of ether oxygens (including phenoxy) is 2. The Hall–Kier alpha value is -2.22. The molecule has 0 fully saturated rings. The summed E-state index contributed by atoms with van der Waals surface area (Å²) in [4.78, 5) is 11.5. The summed E-state index contributed by atoms with van der Waals surface area (Å²) in [5.41, 5.74) is 6.24. The quantitative estimate of drug-likeness (QED) is 0.633. The Morgan fingerprint density at radius 2 is 2.29 bits per heavy atom. The van der Waals surface area contributed by atoms with Gasteiger partial charge in [0.25, 0.3) is 0 Å². The number of nitrogen functional groups attached to an aromatic ring is 1. The van der Waals surface area contributed by atoms with Crippen molar-refractivity contribution >= 4 is 11.7 Å². The number of nitriles is 1. The van der Waals surface area contributed by atoms with Crippen LogP contribution >= 0.6 is 0 Å². The fourth-order valence-electron chi connectivity index (χ4n) is 1.27. The normalized spacial score (nSPS) is 11.4. The van der Waals surface area contributed by atoms with Crippen molar-refractivity contribution in [2.75, 3.05) is 12.8 Å². The fraction of sp³-hybridized carbons (Fsp3) is 0.333. The van der Waals surface area contributed by atoms with Gasteiger partial charge in [-0.3, -0.25) is 0 Å². The molecule has 5 nitrogen and oxygen atoms in total. The molecule has 0 aliphatic carbocycles. The van der Waals surface area contributed by atoms with Crippen LogP contribution in [0.25, 0.3) is 0 Å². The van der Waals surface area contributed by atoms with E-state index in [1.807, 2.05) is 13.0 Å². The van der Waals surface area contributed by atoms with Crippen molar-refractivity contribution in [2.24, 2.45) is 0 Å². The molecule has 1 atom stereocenters. The maximum atomic E-state index is 11.5. The average molecular weight is 234 g/mol. The zero-order valence-electron chi connectivity index (χ0n) is 9.77. The van der Waals surface area contributed by atoms with Crippen LogP contribution in [0.15, 0.2) is 18.2 Å². The third-order valence-corrected chi connectivity index (χ3v) is 2.19. The van der Waals surface area contributed by atoms with Crippen molar-refractivity contribution in [1.29, 1.82) is 5.26 Å². The Kier molecular flexibility index (Phi) is 4.35. The molecule has 0 saturated carbocycles. The van der Waals surface area contributed by atoms with Crippen LogP contribution in [0.1, 0.15) is 23.7 Å². The van der Waals surface area contributed by atoms with Crippen molar-refractivity contribution in [3.05, 3.63) is 23.8 Å². The maximum Gasteiger partial charge on any atom is 0.341 e. The molecule has 0 radical (unpaired) electrons. The topological polar surface area (TPSA) is 85.3 Å². The van der Waals surface area contributed by atoms with E-state index in [1.165, 1.54) is 13.2 Å². The van der Waals surface area contributed by atoms with Gasteiger partial charge in [0.15, 0.2) is 6.10 Å². The second-order valence-corrected chi connectivity index (χ2v) is 3.39. The van der Waals surface area contributed by atoms with Gasteiger partial charge in [0.1, 0.15) is 17.4 Å². The van der Waals surface area contributed by atoms with Gasteiger partial charge < -0.3 is 15.2 Å². The molecule has 0 aromatic heterocycles. The number of hydrogen-bond donors (Lipinski definition) is 1. The van der Waals surface area contributed by atoms with E-state index in [0.29, 0.717) is 17.9 Å². The number of anilines is 1. The van der Waals surface area contributed by atoms with Gasteiger partial charge in [0.2, 0.25) is 0 Å².